The number of amides is 1. The van der Waals surface area contributed by atoms with E-state index in [1.165, 1.54) is 25.3 Å². The summed E-state index contributed by atoms with van der Waals surface area (Å²) >= 11 is 0. The van der Waals surface area contributed by atoms with Gasteiger partial charge < -0.3 is 25.0 Å². The van der Waals surface area contributed by atoms with E-state index in [2.05, 4.69) is 15.0 Å². The van der Waals surface area contributed by atoms with Crippen molar-refractivity contribution in [1.82, 2.24) is 4.98 Å². The standard InChI is InChI=1S/C14H19FN2O4.C7H6F2O/c1-8-2-3-13(21-8)14(20)17-10-6-11(12(19)4-5-18)16-7-9(10)15;1-10-6-4-2-3-5(8)7(6)9/h6-8,12-13,18-19H,2-5H2,1H3,(H,16,17,20);2-4H,1H3. The first-order valence-electron chi connectivity index (χ1n) is 9.65. The van der Waals surface area contributed by atoms with Gasteiger partial charge in [-0.25, -0.2) is 8.78 Å². The summed E-state index contributed by atoms with van der Waals surface area (Å²) < 4.78 is 48.4. The second-order valence-electron chi connectivity index (χ2n) is 6.88. The Morgan fingerprint density at radius 3 is 2.65 bits per heavy atom. The van der Waals surface area contributed by atoms with Crippen molar-refractivity contribution in [2.24, 2.45) is 0 Å². The summed E-state index contributed by atoms with van der Waals surface area (Å²) in [7, 11) is 1.29. The van der Waals surface area contributed by atoms with Crippen molar-refractivity contribution in [3.05, 3.63) is 53.6 Å². The van der Waals surface area contributed by atoms with E-state index in [0.29, 0.717) is 6.42 Å². The van der Waals surface area contributed by atoms with Gasteiger partial charge in [0, 0.05) is 13.0 Å². The molecule has 2 heterocycles. The van der Waals surface area contributed by atoms with Gasteiger partial charge in [0.25, 0.3) is 5.91 Å². The van der Waals surface area contributed by atoms with Gasteiger partial charge in [0.1, 0.15) is 6.10 Å². The van der Waals surface area contributed by atoms with Crippen molar-refractivity contribution in [1.29, 1.82) is 0 Å². The molecule has 0 spiro atoms. The average Bonchev–Trinajstić information content (AvgIpc) is 3.19. The van der Waals surface area contributed by atoms with Gasteiger partial charge in [-0.15, -0.1) is 0 Å². The summed E-state index contributed by atoms with van der Waals surface area (Å²) in [4.78, 5) is 15.7. The summed E-state index contributed by atoms with van der Waals surface area (Å²) in [6.45, 7) is 1.67. The molecule has 1 aliphatic heterocycles. The maximum Gasteiger partial charge on any atom is 0.253 e. The number of carbonyl (C=O) groups excluding carboxylic acids is 1. The number of anilines is 1. The first kappa shape index (κ1) is 24.6. The number of rotatable bonds is 6. The van der Waals surface area contributed by atoms with Crippen LogP contribution in [0.5, 0.6) is 5.75 Å². The highest BCUT2D eigenvalue weighted by molar-refractivity contribution is 5.94. The Hall–Kier alpha value is -2.69. The van der Waals surface area contributed by atoms with Crippen LogP contribution in [0.2, 0.25) is 0 Å². The number of carbonyl (C=O) groups is 1. The molecule has 3 rings (SSSR count). The van der Waals surface area contributed by atoms with Gasteiger partial charge in [-0.2, -0.15) is 4.39 Å². The molecule has 1 aromatic carbocycles. The number of nitrogens with one attached hydrogen (secondary N) is 1. The lowest BCUT2D eigenvalue weighted by atomic mass is 10.1. The van der Waals surface area contributed by atoms with Crippen LogP contribution < -0.4 is 10.1 Å². The molecule has 10 heteroatoms. The fourth-order valence-corrected chi connectivity index (χ4v) is 2.85. The number of methoxy groups -OCH3 is 1. The second kappa shape index (κ2) is 11.6. The van der Waals surface area contributed by atoms with Crippen LogP contribution in [0.25, 0.3) is 0 Å². The normalized spacial score (nSPS) is 18.7. The zero-order valence-corrected chi connectivity index (χ0v) is 17.1. The third-order valence-electron chi connectivity index (χ3n) is 4.54. The Kier molecular flexibility index (Phi) is 9.22. The van der Waals surface area contributed by atoms with Gasteiger partial charge in [0.05, 0.1) is 36.9 Å². The highest BCUT2D eigenvalue weighted by atomic mass is 19.2. The summed E-state index contributed by atoms with van der Waals surface area (Å²) in [6.07, 6.45) is 0.841. The van der Waals surface area contributed by atoms with E-state index in [0.717, 1.165) is 18.7 Å². The van der Waals surface area contributed by atoms with Crippen molar-refractivity contribution in [3.63, 3.8) is 0 Å². The smallest absolute Gasteiger partial charge is 0.253 e. The molecule has 1 aromatic heterocycles. The molecule has 0 bridgehead atoms. The first-order valence-corrected chi connectivity index (χ1v) is 9.65. The first-order chi connectivity index (χ1) is 14.8. The Morgan fingerprint density at radius 2 is 2.06 bits per heavy atom. The zero-order chi connectivity index (χ0) is 23.0. The molecule has 3 atom stereocenters. The fraction of sp³-hybridized carbons (Fsp3) is 0.429. The summed E-state index contributed by atoms with van der Waals surface area (Å²) in [5.41, 5.74) is 0.145. The van der Waals surface area contributed by atoms with E-state index in [9.17, 15) is 23.1 Å². The SMILES string of the molecule is CC1CCC(C(=O)Nc2cc(C(O)CCO)ncc2F)O1.COc1cccc(F)c1F. The number of benzene rings is 1. The van der Waals surface area contributed by atoms with E-state index < -0.39 is 35.6 Å². The van der Waals surface area contributed by atoms with Gasteiger partial charge in [-0.05, 0) is 38.0 Å². The predicted octanol–water partition coefficient (Wildman–Crippen LogP) is 3.12. The van der Waals surface area contributed by atoms with Crippen molar-refractivity contribution >= 4 is 11.6 Å². The average molecular weight is 442 g/mol. The molecule has 1 saturated heterocycles. The van der Waals surface area contributed by atoms with Crippen LogP contribution in [0.15, 0.2) is 30.5 Å². The number of aliphatic hydroxyl groups is 2. The molecule has 2 aromatic rings. The largest absolute Gasteiger partial charge is 0.494 e. The number of hydrogen-bond donors (Lipinski definition) is 3. The number of nitrogens with zero attached hydrogens (tertiary/aromatic N) is 1. The van der Waals surface area contributed by atoms with Crippen molar-refractivity contribution < 1.29 is 37.7 Å². The van der Waals surface area contributed by atoms with E-state index in [4.69, 9.17) is 9.84 Å². The van der Waals surface area contributed by atoms with Crippen LogP contribution >= 0.6 is 0 Å². The number of hydrogen-bond acceptors (Lipinski definition) is 6. The maximum atomic E-state index is 13.7. The Morgan fingerprint density at radius 1 is 1.32 bits per heavy atom. The summed E-state index contributed by atoms with van der Waals surface area (Å²) in [5, 5.41) is 21.0. The van der Waals surface area contributed by atoms with Gasteiger partial charge in [0.2, 0.25) is 5.82 Å². The van der Waals surface area contributed by atoms with Crippen LogP contribution in [0.4, 0.5) is 18.9 Å². The predicted molar refractivity (Wildman–Crippen MR) is 106 cm³/mol. The lowest BCUT2D eigenvalue weighted by Crippen LogP contribution is -2.28. The summed E-state index contributed by atoms with van der Waals surface area (Å²) in [6, 6.07) is 5.06. The van der Waals surface area contributed by atoms with Crippen LogP contribution in [0.1, 0.15) is 38.0 Å². The molecule has 7 nitrogen and oxygen atoms in total. The van der Waals surface area contributed by atoms with E-state index in [-0.39, 0.29) is 36.3 Å². The molecule has 1 aliphatic rings. The van der Waals surface area contributed by atoms with E-state index in [1.54, 1.807) is 0 Å². The Bertz CT molecular complexity index is 884. The molecule has 31 heavy (non-hydrogen) atoms. The molecule has 170 valence electrons. The van der Waals surface area contributed by atoms with Crippen LogP contribution in [0, 0.1) is 17.5 Å². The van der Waals surface area contributed by atoms with Gasteiger partial charge in [0.15, 0.2) is 17.4 Å². The monoisotopic (exact) mass is 442 g/mol. The topological polar surface area (TPSA) is 101 Å². The van der Waals surface area contributed by atoms with Crippen LogP contribution in [0.3, 0.4) is 0 Å². The molecule has 0 saturated carbocycles. The fourth-order valence-electron chi connectivity index (χ4n) is 2.85. The molecular formula is C21H25F3N2O5. The van der Waals surface area contributed by atoms with Crippen molar-refractivity contribution in [2.75, 3.05) is 19.0 Å². The highest BCUT2D eigenvalue weighted by Crippen LogP contribution is 2.24. The Labute approximate surface area is 177 Å². The number of aromatic nitrogens is 1. The van der Waals surface area contributed by atoms with Crippen LogP contribution in [-0.2, 0) is 9.53 Å². The minimum atomic E-state index is -1.01. The number of pyridine rings is 1. The van der Waals surface area contributed by atoms with Crippen molar-refractivity contribution in [3.8, 4) is 5.75 Å². The van der Waals surface area contributed by atoms with Gasteiger partial charge in [-0.3, -0.25) is 9.78 Å². The zero-order valence-electron chi connectivity index (χ0n) is 17.1. The number of ether oxygens (including phenoxy) is 2. The minimum Gasteiger partial charge on any atom is -0.494 e. The maximum absolute atomic E-state index is 13.7. The molecule has 3 N–H and O–H groups in total. The molecular weight excluding hydrogens is 417 g/mol. The lowest BCUT2D eigenvalue weighted by molar-refractivity contribution is -0.126. The van der Waals surface area contributed by atoms with E-state index in [1.807, 2.05) is 6.92 Å². The van der Waals surface area contributed by atoms with Gasteiger partial charge in [-0.1, -0.05) is 6.07 Å². The molecule has 1 fully saturated rings. The van der Waals surface area contributed by atoms with Crippen molar-refractivity contribution in [2.45, 2.75) is 44.5 Å². The minimum absolute atomic E-state index is 0.0185. The Balaban J connectivity index is 0.000000285. The second-order valence-corrected chi connectivity index (χ2v) is 6.88. The third-order valence-corrected chi connectivity index (χ3v) is 4.54. The number of halogens is 3. The third kappa shape index (κ3) is 6.91. The highest BCUT2D eigenvalue weighted by Gasteiger charge is 2.28. The summed E-state index contributed by atoms with van der Waals surface area (Å²) in [5.74, 6) is -2.99. The molecule has 0 radical (unpaired) electrons. The van der Waals surface area contributed by atoms with E-state index >= 15 is 0 Å². The molecule has 1 amide bonds. The lowest BCUT2D eigenvalue weighted by Gasteiger charge is -2.14. The number of aliphatic hydroxyl groups excluding tert-OH is 2. The quantitative estimate of drug-likeness (QED) is 0.636. The molecule has 3 unspecified atom stereocenters. The molecule has 0 aliphatic carbocycles. The van der Waals surface area contributed by atoms with Crippen LogP contribution in [-0.4, -0.2) is 47.0 Å². The van der Waals surface area contributed by atoms with Gasteiger partial charge >= 0.3 is 0 Å².